The molecule has 3 aromatic rings. The molecule has 0 aliphatic carbocycles. The minimum absolute atomic E-state index is 0.0698. The van der Waals surface area contributed by atoms with Crippen LogP contribution in [0.15, 0.2) is 53.4 Å². The number of ether oxygens (including phenoxy) is 1. The molecule has 164 valence electrons. The van der Waals surface area contributed by atoms with Crippen molar-refractivity contribution in [2.24, 2.45) is 0 Å². The van der Waals surface area contributed by atoms with Crippen molar-refractivity contribution in [2.75, 3.05) is 19.7 Å². The van der Waals surface area contributed by atoms with Crippen molar-refractivity contribution < 1.29 is 17.9 Å². The highest BCUT2D eigenvalue weighted by atomic mass is 32.2. The van der Waals surface area contributed by atoms with Crippen LogP contribution in [0.2, 0.25) is 0 Å². The second-order valence-corrected chi connectivity index (χ2v) is 9.34. The lowest BCUT2D eigenvalue weighted by atomic mass is 10.2. The number of hydrogen-bond donors (Lipinski definition) is 3. The average Bonchev–Trinajstić information content (AvgIpc) is 3.44. The van der Waals surface area contributed by atoms with Crippen molar-refractivity contribution >= 4 is 27.0 Å². The first kappa shape index (κ1) is 21.5. The molecule has 4 rings (SSSR count). The minimum atomic E-state index is -3.70. The fourth-order valence-corrected chi connectivity index (χ4v) is 4.69. The summed E-state index contributed by atoms with van der Waals surface area (Å²) in [6.45, 7) is 1.36. The molecule has 0 saturated carbocycles. The van der Waals surface area contributed by atoms with Crippen LogP contribution in [-0.4, -0.2) is 50.1 Å². The number of aromatic nitrogens is 2. The van der Waals surface area contributed by atoms with Gasteiger partial charge in [0, 0.05) is 31.7 Å². The van der Waals surface area contributed by atoms with Crippen LogP contribution >= 0.6 is 0 Å². The maximum Gasteiger partial charge on any atom is 0.251 e. The molecular weight excluding hydrogens is 416 g/mol. The molecule has 2 aromatic carbocycles. The van der Waals surface area contributed by atoms with E-state index in [1.165, 1.54) is 12.1 Å². The van der Waals surface area contributed by atoms with Gasteiger partial charge in [-0.15, -0.1) is 0 Å². The van der Waals surface area contributed by atoms with Crippen LogP contribution in [0.1, 0.15) is 35.4 Å². The van der Waals surface area contributed by atoms with Crippen molar-refractivity contribution in [3.63, 3.8) is 0 Å². The Morgan fingerprint density at radius 2 is 2.06 bits per heavy atom. The smallest absolute Gasteiger partial charge is 0.251 e. The quantitative estimate of drug-likeness (QED) is 0.441. The number of fused-ring (bicyclic) bond motifs is 1. The molecule has 1 aliphatic heterocycles. The number of carbonyl (C=O) groups is 1. The number of sulfonamides is 1. The maximum atomic E-state index is 12.5. The monoisotopic (exact) mass is 442 g/mol. The van der Waals surface area contributed by atoms with Gasteiger partial charge in [0.2, 0.25) is 10.0 Å². The summed E-state index contributed by atoms with van der Waals surface area (Å²) in [5.41, 5.74) is 2.23. The van der Waals surface area contributed by atoms with Crippen LogP contribution in [0.25, 0.3) is 11.0 Å². The van der Waals surface area contributed by atoms with E-state index in [9.17, 15) is 13.2 Å². The van der Waals surface area contributed by atoms with Gasteiger partial charge in [0.25, 0.3) is 5.91 Å². The van der Waals surface area contributed by atoms with Gasteiger partial charge in [-0.2, -0.15) is 0 Å². The third-order valence-corrected chi connectivity index (χ3v) is 6.67. The van der Waals surface area contributed by atoms with E-state index in [2.05, 4.69) is 20.0 Å². The second kappa shape index (κ2) is 9.59. The van der Waals surface area contributed by atoms with Gasteiger partial charge in [0.05, 0.1) is 22.0 Å². The number of aryl methyl sites for hydroxylation is 1. The zero-order valence-corrected chi connectivity index (χ0v) is 18.0. The Kier molecular flexibility index (Phi) is 6.64. The van der Waals surface area contributed by atoms with Gasteiger partial charge in [-0.1, -0.05) is 18.2 Å². The average molecular weight is 443 g/mol. The Morgan fingerprint density at radius 1 is 1.19 bits per heavy atom. The van der Waals surface area contributed by atoms with Crippen molar-refractivity contribution in [3.8, 4) is 0 Å². The lowest BCUT2D eigenvalue weighted by molar-refractivity contribution is 0.0953. The number of benzene rings is 2. The van der Waals surface area contributed by atoms with Crippen LogP contribution in [0.4, 0.5) is 0 Å². The Bertz CT molecular complexity index is 1120. The largest absolute Gasteiger partial charge is 0.377 e. The number of nitrogens with zero attached hydrogens (tertiary/aromatic N) is 1. The fraction of sp³-hybridized carbons (Fsp3) is 0.364. The van der Waals surface area contributed by atoms with Crippen LogP contribution in [0, 0.1) is 0 Å². The Morgan fingerprint density at radius 3 is 2.87 bits per heavy atom. The number of rotatable bonds is 9. The summed E-state index contributed by atoms with van der Waals surface area (Å²) in [6, 6.07) is 13.9. The topological polar surface area (TPSA) is 113 Å². The molecule has 2 heterocycles. The zero-order chi connectivity index (χ0) is 21.7. The summed E-state index contributed by atoms with van der Waals surface area (Å²) >= 11 is 0. The van der Waals surface area contributed by atoms with E-state index >= 15 is 0 Å². The molecule has 1 atom stereocenters. The molecule has 9 heteroatoms. The summed E-state index contributed by atoms with van der Waals surface area (Å²) in [6.07, 6.45) is 3.12. The number of para-hydroxylation sites is 2. The van der Waals surface area contributed by atoms with E-state index in [0.29, 0.717) is 31.6 Å². The normalized spacial score (nSPS) is 16.6. The molecule has 8 nitrogen and oxygen atoms in total. The standard InChI is InChI=1S/C22H26N4O4S/c27-22(23-12-4-11-21-25-19-9-1-2-10-20(19)26-21)16-6-3-8-18(14-16)31(28,29)24-15-17-7-5-13-30-17/h1-3,6,8-10,14,17,24H,4-5,7,11-13,15H2,(H,23,27)(H,25,26). The third-order valence-electron chi connectivity index (χ3n) is 5.25. The zero-order valence-electron chi connectivity index (χ0n) is 17.1. The van der Waals surface area contributed by atoms with E-state index in [-0.39, 0.29) is 23.5 Å². The lowest BCUT2D eigenvalue weighted by Crippen LogP contribution is -2.32. The molecule has 1 saturated heterocycles. The minimum Gasteiger partial charge on any atom is -0.377 e. The van der Waals surface area contributed by atoms with Crippen LogP contribution in [0.5, 0.6) is 0 Å². The summed E-state index contributed by atoms with van der Waals surface area (Å²) in [5.74, 6) is 0.571. The lowest BCUT2D eigenvalue weighted by Gasteiger charge is -2.12. The van der Waals surface area contributed by atoms with E-state index < -0.39 is 10.0 Å². The number of hydrogen-bond acceptors (Lipinski definition) is 5. The van der Waals surface area contributed by atoms with Gasteiger partial charge in [0.1, 0.15) is 5.82 Å². The van der Waals surface area contributed by atoms with Gasteiger partial charge < -0.3 is 15.0 Å². The fourth-order valence-electron chi connectivity index (χ4n) is 3.58. The van der Waals surface area contributed by atoms with Crippen LogP contribution in [0.3, 0.4) is 0 Å². The Hall–Kier alpha value is -2.75. The maximum absolute atomic E-state index is 12.5. The van der Waals surface area contributed by atoms with E-state index in [1.807, 2.05) is 24.3 Å². The Labute approximate surface area is 181 Å². The molecule has 0 spiro atoms. The van der Waals surface area contributed by atoms with Crippen molar-refractivity contribution in [2.45, 2.75) is 36.7 Å². The van der Waals surface area contributed by atoms with Crippen molar-refractivity contribution in [1.29, 1.82) is 0 Å². The summed E-state index contributed by atoms with van der Waals surface area (Å²) in [7, 11) is -3.70. The molecule has 31 heavy (non-hydrogen) atoms. The first-order valence-electron chi connectivity index (χ1n) is 10.4. The number of carbonyl (C=O) groups excluding carboxylic acids is 1. The van der Waals surface area contributed by atoms with Gasteiger partial charge >= 0.3 is 0 Å². The summed E-state index contributed by atoms with van der Waals surface area (Å²) in [4.78, 5) is 20.3. The van der Waals surface area contributed by atoms with E-state index in [0.717, 1.165) is 29.7 Å². The third kappa shape index (κ3) is 5.49. The van der Waals surface area contributed by atoms with E-state index in [4.69, 9.17) is 4.74 Å². The molecule has 1 aliphatic rings. The highest BCUT2D eigenvalue weighted by molar-refractivity contribution is 7.89. The molecule has 0 bridgehead atoms. The number of nitrogens with one attached hydrogen (secondary N) is 3. The van der Waals surface area contributed by atoms with E-state index in [1.54, 1.807) is 12.1 Å². The van der Waals surface area contributed by atoms with Crippen molar-refractivity contribution in [3.05, 3.63) is 59.9 Å². The Balaban J connectivity index is 1.29. The highest BCUT2D eigenvalue weighted by Gasteiger charge is 2.21. The second-order valence-electron chi connectivity index (χ2n) is 7.57. The van der Waals surface area contributed by atoms with Crippen molar-refractivity contribution in [1.82, 2.24) is 20.0 Å². The first-order valence-corrected chi connectivity index (χ1v) is 11.9. The molecule has 1 fully saturated rings. The van der Waals surface area contributed by atoms with Crippen LogP contribution in [-0.2, 0) is 21.2 Å². The molecular formula is C22H26N4O4S. The highest BCUT2D eigenvalue weighted by Crippen LogP contribution is 2.15. The molecule has 3 N–H and O–H groups in total. The molecule has 1 amide bonds. The number of aromatic amines is 1. The van der Waals surface area contributed by atoms with Crippen LogP contribution < -0.4 is 10.0 Å². The first-order chi connectivity index (χ1) is 15.0. The van der Waals surface area contributed by atoms with Gasteiger partial charge in [-0.25, -0.2) is 18.1 Å². The predicted molar refractivity (Wildman–Crippen MR) is 117 cm³/mol. The molecule has 0 radical (unpaired) electrons. The summed E-state index contributed by atoms with van der Waals surface area (Å²) in [5, 5.41) is 2.84. The number of H-pyrrole nitrogens is 1. The van der Waals surface area contributed by atoms with Gasteiger partial charge in [-0.05, 0) is 49.6 Å². The van der Waals surface area contributed by atoms with Gasteiger partial charge in [0.15, 0.2) is 0 Å². The molecule has 1 aromatic heterocycles. The van der Waals surface area contributed by atoms with Gasteiger partial charge in [-0.3, -0.25) is 4.79 Å². The number of imidazole rings is 1. The summed E-state index contributed by atoms with van der Waals surface area (Å²) < 4.78 is 33.1. The molecule has 1 unspecified atom stereocenters. The SMILES string of the molecule is O=C(NCCCc1nc2ccccc2[nH]1)c1cccc(S(=O)(=O)NCC2CCCO2)c1. The number of amides is 1. The predicted octanol–water partition coefficient (Wildman–Crippen LogP) is 2.38.